The van der Waals surface area contributed by atoms with Gasteiger partial charge in [0.2, 0.25) is 0 Å². The monoisotopic (exact) mass is 348 g/mol. The van der Waals surface area contributed by atoms with Gasteiger partial charge in [-0.15, -0.1) is 0 Å². The van der Waals surface area contributed by atoms with E-state index in [2.05, 4.69) is 15.9 Å². The summed E-state index contributed by atoms with van der Waals surface area (Å²) < 4.78 is 34.0. The number of benzene rings is 1. The summed E-state index contributed by atoms with van der Waals surface area (Å²) in [6.07, 6.45) is 2.59. The van der Waals surface area contributed by atoms with Crippen LogP contribution in [0, 0.1) is 0 Å². The molecule has 1 aliphatic heterocycles. The highest BCUT2D eigenvalue weighted by Gasteiger charge is 2.37. The Balaban J connectivity index is 2.32. The number of hydrogen-bond donors (Lipinski definition) is 0. The number of ether oxygens (including phenoxy) is 1. The lowest BCUT2D eigenvalue weighted by molar-refractivity contribution is 0.0312. The van der Waals surface area contributed by atoms with Crippen molar-refractivity contribution >= 4 is 26.0 Å². The van der Waals surface area contributed by atoms with Crippen molar-refractivity contribution in [2.75, 3.05) is 26.1 Å². The van der Waals surface area contributed by atoms with Crippen molar-refractivity contribution < 1.29 is 17.3 Å². The van der Waals surface area contributed by atoms with Crippen molar-refractivity contribution in [2.24, 2.45) is 0 Å². The average molecular weight is 349 g/mol. The summed E-state index contributed by atoms with van der Waals surface area (Å²) in [5, 5.41) is 0. The minimum Gasteiger partial charge on any atom is -0.381 e. The van der Waals surface area contributed by atoms with E-state index in [0.29, 0.717) is 13.2 Å². The highest BCUT2D eigenvalue weighted by molar-refractivity contribution is 9.10. The van der Waals surface area contributed by atoms with E-state index in [4.69, 9.17) is 8.92 Å². The molecule has 0 bridgehead atoms. The zero-order chi connectivity index (χ0) is 13.9. The van der Waals surface area contributed by atoms with Crippen molar-refractivity contribution in [3.05, 3.63) is 34.3 Å². The predicted molar refractivity (Wildman–Crippen MR) is 76.7 cm³/mol. The molecule has 4 nitrogen and oxygen atoms in total. The fourth-order valence-electron chi connectivity index (χ4n) is 2.36. The van der Waals surface area contributed by atoms with Gasteiger partial charge in [-0.05, 0) is 24.5 Å². The topological polar surface area (TPSA) is 52.6 Å². The normalized spacial score (nSPS) is 19.3. The van der Waals surface area contributed by atoms with Crippen LogP contribution in [0.1, 0.15) is 18.4 Å². The molecule has 1 saturated heterocycles. The van der Waals surface area contributed by atoms with E-state index >= 15 is 0 Å². The molecule has 19 heavy (non-hydrogen) atoms. The van der Waals surface area contributed by atoms with Crippen LogP contribution in [-0.2, 0) is 24.5 Å². The molecule has 0 unspecified atom stereocenters. The molecule has 1 aromatic carbocycles. The molecular formula is C13H17BrO4S. The second-order valence-corrected chi connectivity index (χ2v) is 7.34. The zero-order valence-corrected chi connectivity index (χ0v) is 13.2. The van der Waals surface area contributed by atoms with Crippen LogP contribution in [0.2, 0.25) is 0 Å². The maximum Gasteiger partial charge on any atom is 0.264 e. The molecule has 1 heterocycles. The summed E-state index contributed by atoms with van der Waals surface area (Å²) in [6.45, 7) is 1.40. The van der Waals surface area contributed by atoms with Gasteiger partial charge in [0.1, 0.15) is 0 Å². The first-order chi connectivity index (χ1) is 8.93. The predicted octanol–water partition coefficient (Wildman–Crippen LogP) is 2.47. The first-order valence-corrected chi connectivity index (χ1v) is 8.71. The molecule has 1 aliphatic rings. The molecule has 0 saturated carbocycles. The molecule has 0 spiro atoms. The first kappa shape index (κ1) is 15.0. The Morgan fingerprint density at radius 1 is 1.32 bits per heavy atom. The van der Waals surface area contributed by atoms with Crippen molar-refractivity contribution in [3.63, 3.8) is 0 Å². The van der Waals surface area contributed by atoms with Crippen molar-refractivity contribution in [1.29, 1.82) is 0 Å². The molecular weight excluding hydrogens is 332 g/mol. The van der Waals surface area contributed by atoms with Gasteiger partial charge in [-0.1, -0.05) is 34.1 Å². The number of halogens is 1. The standard InChI is InChI=1S/C13H17BrO4S/c1-19(15,16)18-10-13(6-8-17-9-7-13)11-4-2-3-5-12(11)14/h2-5H,6-10H2,1H3. The Morgan fingerprint density at radius 2 is 1.95 bits per heavy atom. The maximum atomic E-state index is 11.3. The summed E-state index contributed by atoms with van der Waals surface area (Å²) in [5.74, 6) is 0. The lowest BCUT2D eigenvalue weighted by Crippen LogP contribution is -2.39. The summed E-state index contributed by atoms with van der Waals surface area (Å²) in [4.78, 5) is 0. The number of rotatable bonds is 4. The molecule has 1 aromatic rings. The van der Waals surface area contributed by atoms with E-state index in [1.807, 2.05) is 24.3 Å². The fourth-order valence-corrected chi connectivity index (χ4v) is 3.51. The summed E-state index contributed by atoms with van der Waals surface area (Å²) in [5.41, 5.74) is 0.781. The fraction of sp³-hybridized carbons (Fsp3) is 0.538. The van der Waals surface area contributed by atoms with Gasteiger partial charge in [-0.2, -0.15) is 8.42 Å². The second kappa shape index (κ2) is 5.91. The highest BCUT2D eigenvalue weighted by atomic mass is 79.9. The smallest absolute Gasteiger partial charge is 0.264 e. The van der Waals surface area contributed by atoms with Crippen LogP contribution >= 0.6 is 15.9 Å². The van der Waals surface area contributed by atoms with Crippen LogP contribution in [-0.4, -0.2) is 34.5 Å². The van der Waals surface area contributed by atoms with Gasteiger partial charge in [0.25, 0.3) is 10.1 Å². The minimum atomic E-state index is -3.44. The van der Waals surface area contributed by atoms with E-state index in [-0.39, 0.29) is 12.0 Å². The van der Waals surface area contributed by atoms with Crippen LogP contribution in [0.4, 0.5) is 0 Å². The van der Waals surface area contributed by atoms with Gasteiger partial charge in [-0.25, -0.2) is 0 Å². The Labute approximate surface area is 122 Å². The van der Waals surface area contributed by atoms with Crippen molar-refractivity contribution in [1.82, 2.24) is 0 Å². The van der Waals surface area contributed by atoms with E-state index in [1.54, 1.807) is 0 Å². The quantitative estimate of drug-likeness (QED) is 0.784. The Kier molecular flexibility index (Phi) is 4.66. The van der Waals surface area contributed by atoms with Crippen LogP contribution in [0.25, 0.3) is 0 Å². The largest absolute Gasteiger partial charge is 0.381 e. The van der Waals surface area contributed by atoms with Crippen LogP contribution < -0.4 is 0 Å². The molecule has 0 aromatic heterocycles. The number of hydrogen-bond acceptors (Lipinski definition) is 4. The lowest BCUT2D eigenvalue weighted by atomic mass is 9.75. The third-order valence-electron chi connectivity index (χ3n) is 3.44. The van der Waals surface area contributed by atoms with Crippen molar-refractivity contribution in [3.8, 4) is 0 Å². The average Bonchev–Trinajstić information content (AvgIpc) is 2.37. The lowest BCUT2D eigenvalue weighted by Gasteiger charge is -2.37. The van der Waals surface area contributed by atoms with E-state index in [1.165, 1.54) is 0 Å². The molecule has 0 amide bonds. The van der Waals surface area contributed by atoms with Gasteiger partial charge >= 0.3 is 0 Å². The first-order valence-electron chi connectivity index (χ1n) is 6.10. The SMILES string of the molecule is CS(=O)(=O)OCC1(c2ccccc2Br)CCOCC1. The van der Waals surface area contributed by atoms with Gasteiger partial charge in [0.15, 0.2) is 0 Å². The van der Waals surface area contributed by atoms with Crippen molar-refractivity contribution in [2.45, 2.75) is 18.3 Å². The molecule has 0 N–H and O–H groups in total. The summed E-state index contributed by atoms with van der Waals surface area (Å²) in [7, 11) is -3.44. The molecule has 106 valence electrons. The third kappa shape index (κ3) is 3.78. The highest BCUT2D eigenvalue weighted by Crippen LogP contribution is 2.39. The van der Waals surface area contributed by atoms with E-state index in [0.717, 1.165) is 29.1 Å². The molecule has 0 radical (unpaired) electrons. The van der Waals surface area contributed by atoms with Gasteiger partial charge in [0, 0.05) is 23.1 Å². The Bertz CT molecular complexity index is 535. The molecule has 2 rings (SSSR count). The molecule has 6 heteroatoms. The van der Waals surface area contributed by atoms with Crippen LogP contribution in [0.5, 0.6) is 0 Å². The van der Waals surface area contributed by atoms with Crippen LogP contribution in [0.15, 0.2) is 28.7 Å². The Morgan fingerprint density at radius 3 is 2.53 bits per heavy atom. The van der Waals surface area contributed by atoms with Gasteiger partial charge in [-0.3, -0.25) is 4.18 Å². The summed E-state index contributed by atoms with van der Waals surface area (Å²) >= 11 is 3.54. The second-order valence-electron chi connectivity index (χ2n) is 4.84. The van der Waals surface area contributed by atoms with Gasteiger partial charge in [0.05, 0.1) is 12.9 Å². The molecule has 1 fully saturated rings. The van der Waals surface area contributed by atoms with Gasteiger partial charge < -0.3 is 4.74 Å². The molecule has 0 aliphatic carbocycles. The van der Waals surface area contributed by atoms with E-state index < -0.39 is 10.1 Å². The maximum absolute atomic E-state index is 11.3. The third-order valence-corrected chi connectivity index (χ3v) is 4.68. The van der Waals surface area contributed by atoms with E-state index in [9.17, 15) is 8.42 Å². The Hall–Kier alpha value is -0.430. The minimum absolute atomic E-state index is 0.164. The van der Waals surface area contributed by atoms with Crippen LogP contribution in [0.3, 0.4) is 0 Å². The summed E-state index contributed by atoms with van der Waals surface area (Å²) in [6, 6.07) is 7.88. The molecule has 0 atom stereocenters. The zero-order valence-electron chi connectivity index (χ0n) is 10.8.